The van der Waals surface area contributed by atoms with Crippen LogP contribution in [0.25, 0.3) is 11.0 Å². The van der Waals surface area contributed by atoms with Gasteiger partial charge in [-0.15, -0.1) is 0 Å². The molecule has 2 fully saturated rings. The number of amides is 1. The van der Waals surface area contributed by atoms with Crippen molar-refractivity contribution < 1.29 is 17.9 Å². The first-order valence-corrected chi connectivity index (χ1v) is 12.5. The lowest BCUT2D eigenvalue weighted by Crippen LogP contribution is -2.47. The van der Waals surface area contributed by atoms with Crippen LogP contribution in [0.15, 0.2) is 47.4 Å². The number of hydrogen-bond acceptors (Lipinski definition) is 7. The molecule has 6 rings (SSSR count). The van der Waals surface area contributed by atoms with E-state index in [2.05, 4.69) is 20.9 Å². The lowest BCUT2D eigenvalue weighted by Gasteiger charge is -2.37. The molecule has 3 aromatic rings. The molecule has 2 aromatic carbocycles. The molecular formula is C21H20N4O4S2. The van der Waals surface area contributed by atoms with Gasteiger partial charge in [0.2, 0.25) is 10.0 Å². The summed E-state index contributed by atoms with van der Waals surface area (Å²) in [6.07, 6.45) is 1.45. The molecule has 31 heavy (non-hydrogen) atoms. The second-order valence-electron chi connectivity index (χ2n) is 8.20. The zero-order valence-corrected chi connectivity index (χ0v) is 18.2. The van der Waals surface area contributed by atoms with Gasteiger partial charge in [0.1, 0.15) is 22.0 Å². The number of aromatic nitrogens is 2. The Balaban J connectivity index is 1.24. The third-order valence-corrected chi connectivity index (χ3v) is 9.07. The fraction of sp³-hybridized carbons (Fsp3) is 0.381. The molecular weight excluding hydrogens is 436 g/mol. The van der Waals surface area contributed by atoms with Crippen LogP contribution in [0.2, 0.25) is 0 Å². The van der Waals surface area contributed by atoms with Gasteiger partial charge in [-0.05, 0) is 36.1 Å². The highest BCUT2D eigenvalue weighted by Gasteiger charge is 2.50. The molecule has 0 spiro atoms. The van der Waals surface area contributed by atoms with Crippen LogP contribution in [-0.4, -0.2) is 57.7 Å². The first-order valence-electron chi connectivity index (χ1n) is 10.3. The summed E-state index contributed by atoms with van der Waals surface area (Å²) in [4.78, 5) is 14.7. The van der Waals surface area contributed by atoms with Crippen molar-refractivity contribution in [1.82, 2.24) is 18.0 Å². The maximum absolute atomic E-state index is 13.3. The number of ether oxygens (including phenoxy) is 1. The molecule has 10 heteroatoms. The molecule has 8 nitrogen and oxygen atoms in total. The van der Waals surface area contributed by atoms with Crippen molar-refractivity contribution in [2.75, 3.05) is 13.1 Å². The lowest BCUT2D eigenvalue weighted by molar-refractivity contribution is 0.119. The monoisotopic (exact) mass is 456 g/mol. The quantitative estimate of drug-likeness (QED) is 0.602. The fourth-order valence-corrected chi connectivity index (χ4v) is 7.36. The number of sulfonamides is 1. The predicted octanol–water partition coefficient (Wildman–Crippen LogP) is 2.96. The molecule has 2 unspecified atom stereocenters. The molecule has 0 bridgehead atoms. The summed E-state index contributed by atoms with van der Waals surface area (Å²) in [7, 11) is -3.68. The van der Waals surface area contributed by atoms with Crippen LogP contribution in [0.5, 0.6) is 0 Å². The number of fused-ring (bicyclic) bond motifs is 4. The van der Waals surface area contributed by atoms with Crippen molar-refractivity contribution in [2.24, 2.45) is 0 Å². The van der Waals surface area contributed by atoms with Crippen LogP contribution in [-0.2, 0) is 21.2 Å². The third-order valence-electron chi connectivity index (χ3n) is 6.59. The molecule has 0 saturated carbocycles. The Kier molecular flexibility index (Phi) is 4.31. The molecule has 3 aliphatic rings. The van der Waals surface area contributed by atoms with E-state index in [1.54, 1.807) is 18.2 Å². The summed E-state index contributed by atoms with van der Waals surface area (Å²) in [5.41, 5.74) is 3.38. The summed E-state index contributed by atoms with van der Waals surface area (Å²) in [6.45, 7) is 0.702. The minimum absolute atomic E-state index is 0.0446. The number of carbonyl (C=O) groups excluding carboxylic acids is 1. The van der Waals surface area contributed by atoms with Crippen molar-refractivity contribution in [3.05, 3.63) is 53.6 Å². The van der Waals surface area contributed by atoms with Gasteiger partial charge in [-0.25, -0.2) is 13.2 Å². The zero-order valence-electron chi connectivity index (χ0n) is 16.5. The van der Waals surface area contributed by atoms with Crippen LogP contribution in [0.1, 0.15) is 30.0 Å². The van der Waals surface area contributed by atoms with Crippen molar-refractivity contribution in [2.45, 2.75) is 42.3 Å². The largest absolute Gasteiger partial charge is 0.443 e. The van der Waals surface area contributed by atoms with Gasteiger partial charge in [0.15, 0.2) is 0 Å². The zero-order chi connectivity index (χ0) is 21.2. The average molecular weight is 457 g/mol. The van der Waals surface area contributed by atoms with E-state index in [1.165, 1.54) is 9.87 Å². The molecule has 160 valence electrons. The Morgan fingerprint density at radius 3 is 2.68 bits per heavy atom. The smallest absolute Gasteiger partial charge is 0.411 e. The number of rotatable bonds is 3. The standard InChI is InChI=1S/C21H20N4O4S2/c26-21-25(20-15-5-2-1-4-13(15)12-17(20)29-21)14-8-10-24(11-9-14)31(27,28)18-7-3-6-16-19(18)23-30-22-16/h1-7,14,17,20H,8-12H2. The highest BCUT2D eigenvalue weighted by Crippen LogP contribution is 2.45. The Morgan fingerprint density at radius 2 is 1.84 bits per heavy atom. The van der Waals surface area contributed by atoms with Gasteiger partial charge >= 0.3 is 6.09 Å². The average Bonchev–Trinajstić information content (AvgIpc) is 3.46. The first-order chi connectivity index (χ1) is 15.0. The van der Waals surface area contributed by atoms with E-state index in [0.29, 0.717) is 37.0 Å². The van der Waals surface area contributed by atoms with Gasteiger partial charge < -0.3 is 4.74 Å². The summed E-state index contributed by atoms with van der Waals surface area (Å²) >= 11 is 1.01. The van der Waals surface area contributed by atoms with Crippen molar-refractivity contribution in [3.8, 4) is 0 Å². The molecule has 3 heterocycles. The number of hydrogen-bond donors (Lipinski definition) is 0. The van der Waals surface area contributed by atoms with Gasteiger partial charge in [0.25, 0.3) is 0 Å². The molecule has 1 aromatic heterocycles. The minimum atomic E-state index is -3.68. The summed E-state index contributed by atoms with van der Waals surface area (Å²) in [6, 6.07) is 13.1. The second kappa shape index (κ2) is 6.98. The third kappa shape index (κ3) is 2.89. The Hall–Kier alpha value is -2.56. The lowest BCUT2D eigenvalue weighted by atomic mass is 10.00. The summed E-state index contributed by atoms with van der Waals surface area (Å²) in [5, 5.41) is 0. The van der Waals surface area contributed by atoms with Crippen LogP contribution < -0.4 is 0 Å². The second-order valence-corrected chi connectivity index (χ2v) is 10.6. The number of nitrogens with zero attached hydrogens (tertiary/aromatic N) is 4. The van der Waals surface area contributed by atoms with Crippen LogP contribution in [0.3, 0.4) is 0 Å². The van der Waals surface area contributed by atoms with E-state index in [9.17, 15) is 13.2 Å². The van der Waals surface area contributed by atoms with E-state index in [-0.39, 0.29) is 29.2 Å². The highest BCUT2D eigenvalue weighted by molar-refractivity contribution is 7.89. The van der Waals surface area contributed by atoms with Crippen molar-refractivity contribution >= 4 is 38.9 Å². The molecule has 2 aliphatic heterocycles. The van der Waals surface area contributed by atoms with Gasteiger partial charge in [0, 0.05) is 25.6 Å². The summed E-state index contributed by atoms with van der Waals surface area (Å²) < 4.78 is 42.1. The minimum Gasteiger partial charge on any atom is -0.443 e. The van der Waals surface area contributed by atoms with Gasteiger partial charge in [-0.3, -0.25) is 4.90 Å². The van der Waals surface area contributed by atoms with E-state index in [4.69, 9.17) is 4.74 Å². The van der Waals surface area contributed by atoms with Gasteiger partial charge in [0.05, 0.1) is 17.8 Å². The van der Waals surface area contributed by atoms with E-state index < -0.39 is 10.0 Å². The Bertz CT molecular complexity index is 1280. The maximum atomic E-state index is 13.3. The Labute approximate surface area is 183 Å². The molecule has 0 radical (unpaired) electrons. The highest BCUT2D eigenvalue weighted by atomic mass is 32.2. The molecule has 1 aliphatic carbocycles. The maximum Gasteiger partial charge on any atom is 0.411 e. The molecule has 1 amide bonds. The van der Waals surface area contributed by atoms with Crippen LogP contribution >= 0.6 is 11.7 Å². The summed E-state index contributed by atoms with van der Waals surface area (Å²) in [5.74, 6) is 0. The van der Waals surface area contributed by atoms with Crippen LogP contribution in [0, 0.1) is 0 Å². The van der Waals surface area contributed by atoms with Gasteiger partial charge in [-0.2, -0.15) is 13.1 Å². The molecule has 2 atom stereocenters. The topological polar surface area (TPSA) is 92.7 Å². The van der Waals surface area contributed by atoms with Crippen molar-refractivity contribution in [3.63, 3.8) is 0 Å². The number of benzene rings is 2. The predicted molar refractivity (Wildman–Crippen MR) is 114 cm³/mol. The van der Waals surface area contributed by atoms with E-state index >= 15 is 0 Å². The number of piperidine rings is 1. The van der Waals surface area contributed by atoms with Crippen molar-refractivity contribution in [1.29, 1.82) is 0 Å². The molecule has 0 N–H and O–H groups in total. The molecule has 2 saturated heterocycles. The number of carbonyl (C=O) groups is 1. The van der Waals surface area contributed by atoms with Crippen LogP contribution in [0.4, 0.5) is 4.79 Å². The van der Waals surface area contributed by atoms with E-state index in [0.717, 1.165) is 23.7 Å². The normalized spacial score (nSPS) is 24.4. The fourth-order valence-electron chi connectivity index (χ4n) is 5.14. The van der Waals surface area contributed by atoms with Gasteiger partial charge in [-0.1, -0.05) is 30.3 Å². The SMILES string of the molecule is O=C1OC2Cc3ccccc3C2N1C1CCN(S(=O)(=O)c2cccc3nsnc23)CC1. The first kappa shape index (κ1) is 19.1. The van der Waals surface area contributed by atoms with E-state index in [1.807, 2.05) is 17.0 Å². The Morgan fingerprint density at radius 1 is 1.03 bits per heavy atom.